The molecule has 5 aromatic rings. The van der Waals surface area contributed by atoms with E-state index in [0.29, 0.717) is 22.8 Å². The quantitative estimate of drug-likeness (QED) is 0.398. The molecule has 146 valence electrons. The number of carbonyl (C=O) groups is 1. The third-order valence-corrected chi connectivity index (χ3v) is 4.78. The third kappa shape index (κ3) is 3.35. The first-order valence-electron chi connectivity index (χ1n) is 9.39. The number of rotatable bonds is 4. The molecule has 0 spiro atoms. The van der Waals surface area contributed by atoms with Gasteiger partial charge in [0.15, 0.2) is 5.76 Å². The summed E-state index contributed by atoms with van der Waals surface area (Å²) in [5, 5.41) is 2.89. The van der Waals surface area contributed by atoms with Gasteiger partial charge < -0.3 is 14.7 Å². The van der Waals surface area contributed by atoms with E-state index in [0.717, 1.165) is 16.6 Å². The molecule has 0 fully saturated rings. The van der Waals surface area contributed by atoms with Gasteiger partial charge in [0.25, 0.3) is 5.91 Å². The molecule has 2 N–H and O–H groups in total. The second-order valence-electron chi connectivity index (χ2n) is 6.77. The van der Waals surface area contributed by atoms with Gasteiger partial charge in [-0.3, -0.25) is 4.79 Å². The Morgan fingerprint density at radius 2 is 1.67 bits per heavy atom. The number of nitrogens with one attached hydrogen (secondary N) is 2. The molecule has 0 aliphatic heterocycles. The van der Waals surface area contributed by atoms with Gasteiger partial charge in [-0.05, 0) is 60.7 Å². The minimum absolute atomic E-state index is 0.161. The van der Waals surface area contributed by atoms with Gasteiger partial charge in [0.2, 0.25) is 0 Å². The number of carbonyl (C=O) groups excluding carboxylic acids is 1. The lowest BCUT2D eigenvalue weighted by atomic mass is 10.1. The van der Waals surface area contributed by atoms with Gasteiger partial charge in [0.05, 0.1) is 16.7 Å². The maximum absolute atomic E-state index is 13.1. The van der Waals surface area contributed by atoms with Crippen molar-refractivity contribution in [3.8, 4) is 22.7 Å². The molecule has 1 amide bonds. The van der Waals surface area contributed by atoms with Crippen LogP contribution in [0.15, 0.2) is 89.3 Å². The number of H-pyrrole nitrogens is 1. The molecule has 2 aromatic heterocycles. The van der Waals surface area contributed by atoms with Crippen LogP contribution in [0.1, 0.15) is 10.6 Å². The Morgan fingerprint density at radius 3 is 2.50 bits per heavy atom. The van der Waals surface area contributed by atoms with Crippen molar-refractivity contribution in [3.63, 3.8) is 0 Å². The first-order valence-corrected chi connectivity index (χ1v) is 9.39. The highest BCUT2D eigenvalue weighted by atomic mass is 19.1. The van der Waals surface area contributed by atoms with Crippen LogP contribution in [-0.4, -0.2) is 15.9 Å². The summed E-state index contributed by atoms with van der Waals surface area (Å²) < 4.78 is 18.8. The zero-order valence-corrected chi connectivity index (χ0v) is 15.7. The van der Waals surface area contributed by atoms with Crippen LogP contribution < -0.4 is 5.32 Å². The number of amides is 1. The summed E-state index contributed by atoms with van der Waals surface area (Å²) in [6.07, 6.45) is 0. The number of anilines is 1. The molecule has 0 bridgehead atoms. The fourth-order valence-electron chi connectivity index (χ4n) is 3.29. The lowest BCUT2D eigenvalue weighted by molar-refractivity contribution is 0.0997. The number of fused-ring (bicyclic) bond motifs is 1. The molecule has 5 nitrogen and oxygen atoms in total. The van der Waals surface area contributed by atoms with Gasteiger partial charge in [0, 0.05) is 11.1 Å². The fraction of sp³-hybridized carbons (Fsp3) is 0. The maximum atomic E-state index is 13.1. The smallest absolute Gasteiger partial charge is 0.291 e. The summed E-state index contributed by atoms with van der Waals surface area (Å²) >= 11 is 0. The second-order valence-corrected chi connectivity index (χ2v) is 6.77. The lowest BCUT2D eigenvalue weighted by Crippen LogP contribution is -2.11. The molecule has 0 aliphatic carbocycles. The van der Waals surface area contributed by atoms with Crippen LogP contribution in [0.4, 0.5) is 10.1 Å². The van der Waals surface area contributed by atoms with Crippen molar-refractivity contribution < 1.29 is 13.6 Å². The minimum atomic E-state index is -0.382. The van der Waals surface area contributed by atoms with Crippen LogP contribution in [0.2, 0.25) is 0 Å². The molecule has 5 rings (SSSR count). The van der Waals surface area contributed by atoms with Crippen LogP contribution in [0.5, 0.6) is 0 Å². The maximum Gasteiger partial charge on any atom is 0.291 e. The SMILES string of the molecule is O=C(Nc1ccccc1-c1nc2ccccc2[nH]1)c1ccc(-c2ccc(F)cc2)o1. The highest BCUT2D eigenvalue weighted by molar-refractivity contribution is 6.04. The van der Waals surface area contributed by atoms with Crippen molar-refractivity contribution in [2.75, 3.05) is 5.32 Å². The average molecular weight is 397 g/mol. The molecule has 0 saturated carbocycles. The van der Waals surface area contributed by atoms with Gasteiger partial charge in [-0.1, -0.05) is 24.3 Å². The number of halogens is 1. The zero-order chi connectivity index (χ0) is 20.5. The lowest BCUT2D eigenvalue weighted by Gasteiger charge is -2.08. The zero-order valence-electron chi connectivity index (χ0n) is 15.7. The number of imidazole rings is 1. The van der Waals surface area contributed by atoms with Crippen LogP contribution in [0.25, 0.3) is 33.7 Å². The van der Waals surface area contributed by atoms with E-state index in [1.54, 1.807) is 24.3 Å². The number of hydrogen-bond acceptors (Lipinski definition) is 3. The molecule has 0 aliphatic rings. The summed E-state index contributed by atoms with van der Waals surface area (Å²) in [7, 11) is 0. The summed E-state index contributed by atoms with van der Waals surface area (Å²) in [5.41, 5.74) is 3.85. The molecule has 0 saturated heterocycles. The van der Waals surface area contributed by atoms with Crippen molar-refractivity contribution in [2.45, 2.75) is 0 Å². The predicted molar refractivity (Wildman–Crippen MR) is 114 cm³/mol. The van der Waals surface area contributed by atoms with E-state index in [4.69, 9.17) is 4.42 Å². The van der Waals surface area contributed by atoms with Gasteiger partial charge in [-0.25, -0.2) is 9.37 Å². The number of para-hydroxylation sites is 3. The van der Waals surface area contributed by atoms with Crippen molar-refractivity contribution in [2.24, 2.45) is 0 Å². The van der Waals surface area contributed by atoms with E-state index in [1.165, 1.54) is 12.1 Å². The number of aromatic amines is 1. The number of hydrogen-bond donors (Lipinski definition) is 2. The molecule has 6 heteroatoms. The van der Waals surface area contributed by atoms with E-state index < -0.39 is 0 Å². The molecule has 30 heavy (non-hydrogen) atoms. The summed E-state index contributed by atoms with van der Waals surface area (Å²) in [6.45, 7) is 0. The van der Waals surface area contributed by atoms with E-state index in [-0.39, 0.29) is 17.5 Å². The largest absolute Gasteiger partial charge is 0.451 e. The highest BCUT2D eigenvalue weighted by Crippen LogP contribution is 2.29. The monoisotopic (exact) mass is 397 g/mol. The first kappa shape index (κ1) is 17.9. The summed E-state index contributed by atoms with van der Waals surface area (Å²) in [4.78, 5) is 20.7. The highest BCUT2D eigenvalue weighted by Gasteiger charge is 2.16. The minimum Gasteiger partial charge on any atom is -0.451 e. The molecular formula is C24H16FN3O2. The Bertz CT molecular complexity index is 1320. The topological polar surface area (TPSA) is 70.9 Å². The van der Waals surface area contributed by atoms with E-state index >= 15 is 0 Å². The fourth-order valence-corrected chi connectivity index (χ4v) is 3.29. The Labute approximate surface area is 171 Å². The van der Waals surface area contributed by atoms with Crippen molar-refractivity contribution >= 4 is 22.6 Å². The van der Waals surface area contributed by atoms with Crippen molar-refractivity contribution in [3.05, 3.63) is 96.5 Å². The van der Waals surface area contributed by atoms with E-state index in [9.17, 15) is 9.18 Å². The van der Waals surface area contributed by atoms with Gasteiger partial charge >= 0.3 is 0 Å². The van der Waals surface area contributed by atoms with Crippen LogP contribution in [-0.2, 0) is 0 Å². The van der Waals surface area contributed by atoms with Crippen LogP contribution in [0, 0.1) is 5.82 Å². The van der Waals surface area contributed by atoms with Gasteiger partial charge in [-0.2, -0.15) is 0 Å². The third-order valence-electron chi connectivity index (χ3n) is 4.78. The predicted octanol–water partition coefficient (Wildman–Crippen LogP) is 5.88. The van der Waals surface area contributed by atoms with E-state index in [2.05, 4.69) is 15.3 Å². The Hall–Kier alpha value is -4.19. The molecule has 0 unspecified atom stereocenters. The summed E-state index contributed by atoms with van der Waals surface area (Å²) in [6, 6.07) is 24.4. The molecule has 3 aromatic carbocycles. The average Bonchev–Trinajstić information content (AvgIpc) is 3.42. The van der Waals surface area contributed by atoms with Crippen LogP contribution >= 0.6 is 0 Å². The van der Waals surface area contributed by atoms with Crippen LogP contribution in [0.3, 0.4) is 0 Å². The second kappa shape index (κ2) is 7.33. The van der Waals surface area contributed by atoms with Crippen molar-refractivity contribution in [1.29, 1.82) is 0 Å². The normalized spacial score (nSPS) is 11.0. The van der Waals surface area contributed by atoms with Crippen molar-refractivity contribution in [1.82, 2.24) is 9.97 Å². The van der Waals surface area contributed by atoms with Gasteiger partial charge in [-0.15, -0.1) is 0 Å². The molecule has 2 heterocycles. The summed E-state index contributed by atoms with van der Waals surface area (Å²) in [5.74, 6) is 0.607. The molecule has 0 atom stereocenters. The Balaban J connectivity index is 1.42. The number of nitrogens with zero attached hydrogens (tertiary/aromatic N) is 1. The Morgan fingerprint density at radius 1 is 0.900 bits per heavy atom. The number of benzene rings is 3. The molecule has 0 radical (unpaired) electrons. The van der Waals surface area contributed by atoms with E-state index in [1.807, 2.05) is 48.5 Å². The standard InChI is InChI=1S/C24H16FN3O2/c25-16-11-9-15(10-12-16)21-13-14-22(30-21)24(29)28-18-6-2-1-5-17(18)23-26-19-7-3-4-8-20(19)27-23/h1-14H,(H,26,27)(H,28,29). The number of furan rings is 1. The first-order chi connectivity index (χ1) is 14.7. The number of aromatic nitrogens is 2. The molecular weight excluding hydrogens is 381 g/mol. The van der Waals surface area contributed by atoms with Gasteiger partial charge in [0.1, 0.15) is 17.4 Å². The Kier molecular flexibility index (Phi) is 4.37.